The molecule has 19 heavy (non-hydrogen) atoms. The molecule has 0 aromatic heterocycles. The molecule has 0 spiro atoms. The fourth-order valence-corrected chi connectivity index (χ4v) is 4.26. The van der Waals surface area contributed by atoms with E-state index in [0.29, 0.717) is 17.2 Å². The Morgan fingerprint density at radius 1 is 1.42 bits per heavy atom. The average Bonchev–Trinajstić information content (AvgIpc) is 2.85. The molecular formula is C17H23NO. The van der Waals surface area contributed by atoms with Crippen LogP contribution in [0, 0.1) is 5.41 Å². The maximum absolute atomic E-state index is 9.76. The van der Waals surface area contributed by atoms with Crippen LogP contribution < -0.4 is 0 Å². The van der Waals surface area contributed by atoms with Crippen LogP contribution in [-0.2, 0) is 0 Å². The molecule has 0 saturated heterocycles. The third-order valence-corrected chi connectivity index (χ3v) is 5.18. The van der Waals surface area contributed by atoms with Crippen LogP contribution in [0.1, 0.15) is 38.2 Å². The summed E-state index contributed by atoms with van der Waals surface area (Å²) < 4.78 is 0. The Labute approximate surface area is 115 Å². The first kappa shape index (κ1) is 12.7. The third kappa shape index (κ3) is 1.90. The normalized spacial score (nSPS) is 31.1. The van der Waals surface area contributed by atoms with Crippen LogP contribution in [0.15, 0.2) is 30.3 Å². The molecule has 0 bridgehead atoms. The lowest BCUT2D eigenvalue weighted by Crippen LogP contribution is -2.46. The summed E-state index contributed by atoms with van der Waals surface area (Å²) in [6, 6.07) is 8.44. The Hall–Kier alpha value is -1.28. The molecule has 1 aliphatic carbocycles. The molecule has 102 valence electrons. The lowest BCUT2D eigenvalue weighted by atomic mass is 9.68. The highest BCUT2D eigenvalue weighted by atomic mass is 16.3. The molecule has 1 aromatic carbocycles. The zero-order valence-electron chi connectivity index (χ0n) is 11.9. The van der Waals surface area contributed by atoms with E-state index in [-0.39, 0.29) is 0 Å². The van der Waals surface area contributed by atoms with Crippen LogP contribution in [0.3, 0.4) is 0 Å². The first-order valence-electron chi connectivity index (χ1n) is 7.37. The molecule has 1 aromatic rings. The molecule has 1 N–H and O–H groups in total. The van der Waals surface area contributed by atoms with Crippen molar-refractivity contribution in [3.63, 3.8) is 0 Å². The number of fused-ring (bicyclic) bond motifs is 1. The second-order valence-corrected chi connectivity index (χ2v) is 6.03. The fourth-order valence-electron chi connectivity index (χ4n) is 4.26. The molecule has 1 fully saturated rings. The van der Waals surface area contributed by atoms with Crippen LogP contribution in [0.2, 0.25) is 0 Å². The molecule has 2 heteroatoms. The van der Waals surface area contributed by atoms with Crippen LogP contribution in [0.5, 0.6) is 5.75 Å². The smallest absolute Gasteiger partial charge is 0.116 e. The zero-order chi connectivity index (χ0) is 13.5. The highest BCUT2D eigenvalue weighted by Gasteiger charge is 2.47. The van der Waals surface area contributed by atoms with Crippen molar-refractivity contribution in [3.05, 3.63) is 35.9 Å². The van der Waals surface area contributed by atoms with Crippen LogP contribution in [0.25, 0.3) is 5.57 Å². The van der Waals surface area contributed by atoms with Gasteiger partial charge >= 0.3 is 0 Å². The highest BCUT2D eigenvalue weighted by Crippen LogP contribution is 2.54. The number of hydrogen-bond acceptors (Lipinski definition) is 2. The number of benzene rings is 1. The molecule has 0 unspecified atom stereocenters. The second-order valence-electron chi connectivity index (χ2n) is 6.03. The summed E-state index contributed by atoms with van der Waals surface area (Å²) in [5.74, 6) is 0.373. The minimum atomic E-state index is 0.292. The molecular weight excluding hydrogens is 234 g/mol. The van der Waals surface area contributed by atoms with Gasteiger partial charge in [-0.05, 0) is 49.6 Å². The number of likely N-dealkylation sites (N-methyl/N-ethyl adjacent to an activating group) is 1. The van der Waals surface area contributed by atoms with Gasteiger partial charge in [-0.15, -0.1) is 0 Å². The van der Waals surface area contributed by atoms with Crippen molar-refractivity contribution in [2.24, 2.45) is 5.41 Å². The highest BCUT2D eigenvalue weighted by molar-refractivity contribution is 5.73. The quantitative estimate of drug-likeness (QED) is 0.874. The number of rotatable bonds is 2. The number of phenolic OH excluding ortho intramolecular Hbond substituents is 1. The van der Waals surface area contributed by atoms with Crippen molar-refractivity contribution in [2.45, 2.75) is 38.6 Å². The summed E-state index contributed by atoms with van der Waals surface area (Å²) in [7, 11) is 2.25. The van der Waals surface area contributed by atoms with E-state index >= 15 is 0 Å². The Kier molecular flexibility index (Phi) is 3.14. The van der Waals surface area contributed by atoms with Gasteiger partial charge in [0.05, 0.1) is 0 Å². The van der Waals surface area contributed by atoms with Gasteiger partial charge in [-0.1, -0.05) is 31.6 Å². The summed E-state index contributed by atoms with van der Waals surface area (Å²) in [5.41, 5.74) is 2.97. The van der Waals surface area contributed by atoms with E-state index in [1.54, 1.807) is 6.07 Å². The first-order chi connectivity index (χ1) is 9.17. The number of aromatic hydroxyl groups is 1. The van der Waals surface area contributed by atoms with E-state index < -0.39 is 0 Å². The molecule has 1 heterocycles. The predicted molar refractivity (Wildman–Crippen MR) is 79.1 cm³/mol. The van der Waals surface area contributed by atoms with Crippen LogP contribution in [0.4, 0.5) is 0 Å². The SMILES string of the molecule is CC[C@]12CCC[C@H]1N(C)CC=C2c1cccc(O)c1. The first-order valence-corrected chi connectivity index (χ1v) is 7.37. The molecule has 0 radical (unpaired) electrons. The van der Waals surface area contributed by atoms with E-state index in [9.17, 15) is 5.11 Å². The molecule has 2 nitrogen and oxygen atoms in total. The molecule has 1 aliphatic heterocycles. The molecule has 2 atom stereocenters. The van der Waals surface area contributed by atoms with Gasteiger partial charge in [0, 0.05) is 18.0 Å². The summed E-state index contributed by atoms with van der Waals surface area (Å²) >= 11 is 0. The maximum atomic E-state index is 9.76. The fraction of sp³-hybridized carbons (Fsp3) is 0.529. The van der Waals surface area contributed by atoms with E-state index in [1.807, 2.05) is 12.1 Å². The van der Waals surface area contributed by atoms with Gasteiger partial charge in [-0.2, -0.15) is 0 Å². The lowest BCUT2D eigenvalue weighted by Gasteiger charge is -2.45. The zero-order valence-corrected chi connectivity index (χ0v) is 11.9. The van der Waals surface area contributed by atoms with Crippen molar-refractivity contribution in [1.29, 1.82) is 0 Å². The Morgan fingerprint density at radius 3 is 3.00 bits per heavy atom. The number of phenols is 1. The Balaban J connectivity index is 2.09. The Bertz CT molecular complexity index is 508. The summed E-state index contributed by atoms with van der Waals surface area (Å²) in [5, 5.41) is 9.76. The van der Waals surface area contributed by atoms with Gasteiger partial charge in [-0.3, -0.25) is 4.90 Å². The van der Waals surface area contributed by atoms with Gasteiger partial charge in [0.1, 0.15) is 5.75 Å². The maximum Gasteiger partial charge on any atom is 0.116 e. The van der Waals surface area contributed by atoms with Gasteiger partial charge in [0.15, 0.2) is 0 Å². The standard InChI is InChI=1S/C17H23NO/c1-3-17-10-5-8-16(17)18(2)11-9-15(17)13-6-4-7-14(19)12-13/h4,6-7,9,12,16,19H,3,5,8,10-11H2,1-2H3/t16-,17-/m1/s1. The monoisotopic (exact) mass is 257 g/mol. The van der Waals surface area contributed by atoms with Crippen LogP contribution >= 0.6 is 0 Å². The third-order valence-electron chi connectivity index (χ3n) is 5.18. The molecule has 2 aliphatic rings. The largest absolute Gasteiger partial charge is 0.508 e. The summed E-state index contributed by atoms with van der Waals surface area (Å²) in [6.45, 7) is 3.34. The van der Waals surface area contributed by atoms with Crippen molar-refractivity contribution in [1.82, 2.24) is 4.90 Å². The van der Waals surface area contributed by atoms with Crippen LogP contribution in [-0.4, -0.2) is 29.6 Å². The number of hydrogen-bond donors (Lipinski definition) is 1. The van der Waals surface area contributed by atoms with Gasteiger partial charge in [0.2, 0.25) is 0 Å². The van der Waals surface area contributed by atoms with Gasteiger partial charge < -0.3 is 5.11 Å². The van der Waals surface area contributed by atoms with E-state index in [2.05, 4.69) is 31.0 Å². The topological polar surface area (TPSA) is 23.5 Å². The average molecular weight is 257 g/mol. The Morgan fingerprint density at radius 2 is 2.26 bits per heavy atom. The van der Waals surface area contributed by atoms with Crippen molar-refractivity contribution in [2.75, 3.05) is 13.6 Å². The predicted octanol–water partition coefficient (Wildman–Crippen LogP) is 3.67. The van der Waals surface area contributed by atoms with Crippen molar-refractivity contribution < 1.29 is 5.11 Å². The van der Waals surface area contributed by atoms with Gasteiger partial charge in [0.25, 0.3) is 0 Å². The van der Waals surface area contributed by atoms with Crippen molar-refractivity contribution >= 4 is 5.57 Å². The molecule has 3 rings (SSSR count). The minimum Gasteiger partial charge on any atom is -0.508 e. The number of nitrogens with zero attached hydrogens (tertiary/aromatic N) is 1. The summed E-state index contributed by atoms with van der Waals surface area (Å²) in [4.78, 5) is 2.50. The minimum absolute atomic E-state index is 0.292. The van der Waals surface area contributed by atoms with E-state index in [0.717, 1.165) is 6.54 Å². The summed E-state index contributed by atoms with van der Waals surface area (Å²) in [6.07, 6.45) is 7.46. The lowest BCUT2D eigenvalue weighted by molar-refractivity contribution is 0.153. The molecule has 0 amide bonds. The van der Waals surface area contributed by atoms with Gasteiger partial charge in [-0.25, -0.2) is 0 Å². The molecule has 1 saturated carbocycles. The van der Waals surface area contributed by atoms with E-state index in [4.69, 9.17) is 0 Å². The van der Waals surface area contributed by atoms with E-state index in [1.165, 1.54) is 36.8 Å². The van der Waals surface area contributed by atoms with Crippen molar-refractivity contribution in [3.8, 4) is 5.75 Å². The second kappa shape index (κ2) is 4.68.